The molecule has 1 unspecified atom stereocenters. The van der Waals surface area contributed by atoms with E-state index in [1.165, 1.54) is 4.46 Å². The zero-order chi connectivity index (χ0) is 14.9. The van der Waals surface area contributed by atoms with E-state index in [9.17, 15) is 5.11 Å². The molecule has 0 saturated carbocycles. The van der Waals surface area contributed by atoms with Gasteiger partial charge >= 0.3 is 132 Å². The summed E-state index contributed by atoms with van der Waals surface area (Å²) in [6, 6.07) is 18.0. The van der Waals surface area contributed by atoms with Gasteiger partial charge in [0.2, 0.25) is 0 Å². The van der Waals surface area contributed by atoms with Gasteiger partial charge in [0.25, 0.3) is 0 Å². The van der Waals surface area contributed by atoms with Gasteiger partial charge in [-0.2, -0.15) is 0 Å². The number of para-hydroxylation sites is 1. The van der Waals surface area contributed by atoms with Crippen LogP contribution in [-0.4, -0.2) is 32.8 Å². The summed E-state index contributed by atoms with van der Waals surface area (Å²) >= 11 is 0.287. The van der Waals surface area contributed by atoms with Crippen LogP contribution in [0.3, 0.4) is 0 Å². The van der Waals surface area contributed by atoms with Crippen molar-refractivity contribution in [3.63, 3.8) is 0 Å². The van der Waals surface area contributed by atoms with E-state index in [0.717, 1.165) is 16.6 Å². The zero-order valence-electron chi connectivity index (χ0n) is 11.7. The Morgan fingerprint density at radius 1 is 1.10 bits per heavy atom. The summed E-state index contributed by atoms with van der Waals surface area (Å²) in [5.74, 6) is 3.23. The summed E-state index contributed by atoms with van der Waals surface area (Å²) in [5.41, 5.74) is 1.00. The molecule has 0 amide bonds. The zero-order valence-corrected chi connectivity index (χ0v) is 13.4. The number of aliphatic hydroxyl groups excluding tert-OH is 1. The van der Waals surface area contributed by atoms with Crippen LogP contribution >= 0.6 is 0 Å². The third-order valence-electron chi connectivity index (χ3n) is 2.92. The van der Waals surface area contributed by atoms with Gasteiger partial charge in [0, 0.05) is 0 Å². The van der Waals surface area contributed by atoms with Crippen molar-refractivity contribution < 1.29 is 9.84 Å². The summed E-state index contributed by atoms with van der Waals surface area (Å²) in [4.78, 5) is 0. The van der Waals surface area contributed by atoms with E-state index in [2.05, 4.69) is 18.1 Å². The van der Waals surface area contributed by atoms with Crippen molar-refractivity contribution in [3.8, 4) is 18.1 Å². The number of ether oxygens (including phenoxy) is 1. The second-order valence-electron chi connectivity index (χ2n) is 4.58. The predicted octanol–water partition coefficient (Wildman–Crippen LogP) is 2.05. The Balaban J connectivity index is 1.90. The quantitative estimate of drug-likeness (QED) is 0.615. The molecule has 0 bridgehead atoms. The number of hydrogen-bond acceptors (Lipinski definition) is 2. The average molecular weight is 345 g/mol. The standard InChI is InChI=1S/C18H18O2Se/c1-2-12-20-18-11-7-6-8-15(18)13-16(19)14-21-17-9-4-3-5-10-17/h1,3-11,16,19H,12-14H2. The maximum absolute atomic E-state index is 10.2. The van der Waals surface area contributed by atoms with Gasteiger partial charge in [0.1, 0.15) is 0 Å². The van der Waals surface area contributed by atoms with Crippen LogP contribution in [0.2, 0.25) is 5.32 Å². The molecule has 0 aliphatic rings. The van der Waals surface area contributed by atoms with E-state index in [0.29, 0.717) is 6.42 Å². The van der Waals surface area contributed by atoms with Crippen molar-refractivity contribution in [1.82, 2.24) is 0 Å². The fraction of sp³-hybridized carbons (Fsp3) is 0.222. The van der Waals surface area contributed by atoms with Crippen LogP contribution < -0.4 is 9.20 Å². The molecule has 1 atom stereocenters. The minimum atomic E-state index is -0.360. The first-order valence-electron chi connectivity index (χ1n) is 6.79. The third-order valence-corrected chi connectivity index (χ3v) is 5.35. The molecule has 0 fully saturated rings. The van der Waals surface area contributed by atoms with Crippen molar-refractivity contribution >= 4 is 19.4 Å². The molecule has 1 N–H and O–H groups in total. The first kappa shape index (κ1) is 15.7. The molecule has 0 heterocycles. The topological polar surface area (TPSA) is 29.5 Å². The molecule has 2 aromatic rings. The molecule has 0 aromatic heterocycles. The molecule has 0 saturated heterocycles. The van der Waals surface area contributed by atoms with E-state index >= 15 is 0 Å². The molecule has 0 aliphatic carbocycles. The molecule has 2 rings (SSSR count). The van der Waals surface area contributed by atoms with Gasteiger partial charge in [-0.3, -0.25) is 0 Å². The Bertz CT molecular complexity index is 590. The normalized spacial score (nSPS) is 11.6. The monoisotopic (exact) mass is 346 g/mol. The first-order chi connectivity index (χ1) is 10.3. The summed E-state index contributed by atoms with van der Waals surface area (Å²) in [6.45, 7) is 0.251. The summed E-state index contributed by atoms with van der Waals surface area (Å²) in [6.07, 6.45) is 5.45. The third kappa shape index (κ3) is 5.28. The van der Waals surface area contributed by atoms with Crippen molar-refractivity contribution in [1.29, 1.82) is 0 Å². The minimum absolute atomic E-state index is 0.251. The van der Waals surface area contributed by atoms with Gasteiger partial charge < -0.3 is 0 Å². The SMILES string of the molecule is C#CCOc1ccccc1CC(O)C[Se]c1ccccc1. The second-order valence-corrected chi connectivity index (χ2v) is 6.88. The first-order valence-corrected chi connectivity index (χ1v) is 8.86. The maximum atomic E-state index is 10.2. The second kappa shape index (κ2) is 8.54. The Kier molecular flexibility index (Phi) is 6.37. The molecular weight excluding hydrogens is 327 g/mol. The van der Waals surface area contributed by atoms with Crippen molar-refractivity contribution in [2.24, 2.45) is 0 Å². The van der Waals surface area contributed by atoms with Gasteiger partial charge in [-0.1, -0.05) is 0 Å². The van der Waals surface area contributed by atoms with E-state index < -0.39 is 0 Å². The predicted molar refractivity (Wildman–Crippen MR) is 87.1 cm³/mol. The fourth-order valence-electron chi connectivity index (χ4n) is 1.95. The van der Waals surface area contributed by atoms with Crippen LogP contribution in [0.1, 0.15) is 5.56 Å². The molecule has 2 aromatic carbocycles. The Hall–Kier alpha value is -1.72. The van der Waals surface area contributed by atoms with Crippen LogP contribution in [0.15, 0.2) is 54.6 Å². The molecular formula is C18H18O2Se. The Labute approximate surface area is 132 Å². The van der Waals surface area contributed by atoms with Crippen molar-refractivity contribution in [3.05, 3.63) is 60.2 Å². The molecule has 108 valence electrons. The van der Waals surface area contributed by atoms with Crippen LogP contribution in [0.5, 0.6) is 5.75 Å². The van der Waals surface area contributed by atoms with E-state index in [-0.39, 0.29) is 27.7 Å². The van der Waals surface area contributed by atoms with Crippen LogP contribution in [-0.2, 0) is 6.42 Å². The van der Waals surface area contributed by atoms with Gasteiger partial charge in [-0.05, 0) is 0 Å². The van der Waals surface area contributed by atoms with Crippen LogP contribution in [0.25, 0.3) is 0 Å². The van der Waals surface area contributed by atoms with E-state index in [4.69, 9.17) is 11.2 Å². The van der Waals surface area contributed by atoms with E-state index in [1.807, 2.05) is 42.5 Å². The van der Waals surface area contributed by atoms with Crippen molar-refractivity contribution in [2.45, 2.75) is 17.8 Å². The Morgan fingerprint density at radius 3 is 2.57 bits per heavy atom. The number of terminal acetylenes is 1. The van der Waals surface area contributed by atoms with Gasteiger partial charge in [0.05, 0.1) is 0 Å². The number of aliphatic hydroxyl groups is 1. The molecule has 3 heteroatoms. The average Bonchev–Trinajstić information content (AvgIpc) is 2.53. The number of benzene rings is 2. The van der Waals surface area contributed by atoms with Gasteiger partial charge in [-0.15, -0.1) is 0 Å². The summed E-state index contributed by atoms with van der Waals surface area (Å²) in [7, 11) is 0. The molecule has 0 spiro atoms. The van der Waals surface area contributed by atoms with Crippen molar-refractivity contribution in [2.75, 3.05) is 6.61 Å². The molecule has 0 radical (unpaired) electrons. The molecule has 2 nitrogen and oxygen atoms in total. The summed E-state index contributed by atoms with van der Waals surface area (Å²) in [5, 5.41) is 11.0. The fourth-order valence-corrected chi connectivity index (χ4v) is 3.74. The summed E-state index contributed by atoms with van der Waals surface area (Å²) < 4.78 is 6.81. The van der Waals surface area contributed by atoms with Gasteiger partial charge in [-0.25, -0.2) is 0 Å². The number of hydrogen-bond donors (Lipinski definition) is 1. The van der Waals surface area contributed by atoms with Crippen LogP contribution in [0.4, 0.5) is 0 Å². The molecule has 21 heavy (non-hydrogen) atoms. The number of rotatable bonds is 7. The van der Waals surface area contributed by atoms with Gasteiger partial charge in [0.15, 0.2) is 0 Å². The van der Waals surface area contributed by atoms with Crippen LogP contribution in [0, 0.1) is 12.3 Å². The Morgan fingerprint density at radius 2 is 1.81 bits per heavy atom. The molecule has 0 aliphatic heterocycles. The van der Waals surface area contributed by atoms with E-state index in [1.54, 1.807) is 0 Å².